The Hall–Kier alpha value is -3.31. The molecule has 0 radical (unpaired) electrons. The molecule has 0 fully saturated rings. The van der Waals surface area contributed by atoms with Gasteiger partial charge in [0.2, 0.25) is 0 Å². The first kappa shape index (κ1) is 19.5. The number of nitrogens with one attached hydrogen (secondary N) is 1. The molecule has 0 saturated heterocycles. The van der Waals surface area contributed by atoms with E-state index in [-0.39, 0.29) is 11.4 Å². The van der Waals surface area contributed by atoms with E-state index in [0.29, 0.717) is 10.6 Å². The van der Waals surface area contributed by atoms with E-state index in [0.717, 1.165) is 6.07 Å². The van der Waals surface area contributed by atoms with E-state index in [1.54, 1.807) is 0 Å². The molecule has 0 bridgehead atoms. The summed E-state index contributed by atoms with van der Waals surface area (Å²) in [5.74, 6) is -1.30. The Morgan fingerprint density at radius 1 is 1.04 bits per heavy atom. The lowest BCUT2D eigenvalue weighted by molar-refractivity contribution is -0.0493. The van der Waals surface area contributed by atoms with E-state index in [1.165, 1.54) is 24.3 Å². The third kappa shape index (κ3) is 4.00. The summed E-state index contributed by atoms with van der Waals surface area (Å²) in [4.78, 5) is 15.8. The first-order valence-corrected chi connectivity index (χ1v) is 7.58. The number of hydrogen-bond donors (Lipinski definition) is 1. The smallest absolute Gasteiger partial charge is 0.387 e. The van der Waals surface area contributed by atoms with Gasteiger partial charge in [-0.15, -0.1) is 0 Å². The average Bonchev–Trinajstić information content (AvgIpc) is 3.06. The Morgan fingerprint density at radius 3 is 2.39 bits per heavy atom. The molecule has 12 heteroatoms. The molecule has 0 saturated carbocycles. The van der Waals surface area contributed by atoms with E-state index < -0.39 is 48.1 Å². The molecule has 6 nitrogen and oxygen atoms in total. The summed E-state index contributed by atoms with van der Waals surface area (Å²) < 4.78 is 81.7. The summed E-state index contributed by atoms with van der Waals surface area (Å²) >= 11 is 0. The van der Waals surface area contributed by atoms with Crippen LogP contribution in [0.5, 0.6) is 5.75 Å². The van der Waals surface area contributed by atoms with Crippen molar-refractivity contribution >= 4 is 17.2 Å². The summed E-state index contributed by atoms with van der Waals surface area (Å²) in [6.45, 7) is -3.14. The van der Waals surface area contributed by atoms with Crippen LogP contribution in [0.25, 0.3) is 5.65 Å². The molecule has 2 heterocycles. The van der Waals surface area contributed by atoms with Crippen molar-refractivity contribution in [2.75, 3.05) is 5.32 Å². The summed E-state index contributed by atoms with van der Waals surface area (Å²) in [6, 6.07) is 6.68. The van der Waals surface area contributed by atoms with Gasteiger partial charge >= 0.3 is 6.61 Å². The van der Waals surface area contributed by atoms with Crippen molar-refractivity contribution in [3.63, 3.8) is 0 Å². The molecule has 2 aromatic heterocycles. The van der Waals surface area contributed by atoms with Crippen LogP contribution in [0.4, 0.5) is 32.0 Å². The van der Waals surface area contributed by atoms with Crippen LogP contribution < -0.4 is 10.1 Å². The van der Waals surface area contributed by atoms with Gasteiger partial charge in [0.25, 0.3) is 18.8 Å². The number of alkyl halides is 6. The zero-order valence-corrected chi connectivity index (χ0v) is 13.6. The van der Waals surface area contributed by atoms with Crippen LogP contribution in [0.2, 0.25) is 0 Å². The van der Waals surface area contributed by atoms with Crippen molar-refractivity contribution in [1.29, 1.82) is 0 Å². The largest absolute Gasteiger partial charge is 0.433 e. The molecule has 0 aliphatic carbocycles. The molecule has 1 aromatic carbocycles. The molecule has 0 atom stereocenters. The monoisotopic (exact) mass is 404 g/mol. The van der Waals surface area contributed by atoms with Gasteiger partial charge in [-0.25, -0.2) is 27.1 Å². The van der Waals surface area contributed by atoms with Crippen LogP contribution in [0.1, 0.15) is 34.7 Å². The van der Waals surface area contributed by atoms with Gasteiger partial charge in [-0.05, 0) is 18.2 Å². The Bertz CT molecular complexity index is 1010. The Kier molecular flexibility index (Phi) is 5.38. The highest BCUT2D eigenvalue weighted by molar-refractivity contribution is 6.04. The van der Waals surface area contributed by atoms with E-state index in [4.69, 9.17) is 0 Å². The number of nitrogens with zero attached hydrogens (tertiary/aromatic N) is 3. The molecular formula is C16H10F6N4O2. The number of halogens is 6. The number of anilines is 1. The van der Waals surface area contributed by atoms with E-state index >= 15 is 0 Å². The summed E-state index contributed by atoms with van der Waals surface area (Å²) in [6.07, 6.45) is -6.26. The zero-order valence-electron chi connectivity index (χ0n) is 13.6. The van der Waals surface area contributed by atoms with Crippen LogP contribution in [-0.2, 0) is 0 Å². The lowest BCUT2D eigenvalue weighted by atomic mass is 10.3. The van der Waals surface area contributed by atoms with Crippen molar-refractivity contribution in [2.45, 2.75) is 19.5 Å². The Labute approximate surface area is 152 Å². The van der Waals surface area contributed by atoms with Crippen molar-refractivity contribution in [3.8, 4) is 5.75 Å². The SMILES string of the molecule is O=C(Nc1ccccc1OC(F)F)c1cc2nc(C(F)F)cc(C(F)F)n2n1. The normalized spacial score (nSPS) is 11.6. The van der Waals surface area contributed by atoms with Crippen LogP contribution in [0.15, 0.2) is 36.4 Å². The number of carbonyl (C=O) groups excluding carboxylic acids is 1. The van der Waals surface area contributed by atoms with E-state index in [9.17, 15) is 31.1 Å². The molecule has 0 unspecified atom stereocenters. The minimum Gasteiger partial charge on any atom is -0.433 e. The fourth-order valence-electron chi connectivity index (χ4n) is 2.35. The molecule has 0 spiro atoms. The fraction of sp³-hybridized carbons (Fsp3) is 0.188. The van der Waals surface area contributed by atoms with Crippen LogP contribution in [0, 0.1) is 0 Å². The quantitative estimate of drug-likeness (QED) is 0.616. The lowest BCUT2D eigenvalue weighted by Crippen LogP contribution is -2.14. The third-order valence-corrected chi connectivity index (χ3v) is 3.51. The maximum Gasteiger partial charge on any atom is 0.387 e. The fourth-order valence-corrected chi connectivity index (χ4v) is 2.35. The molecular weight excluding hydrogens is 394 g/mol. The van der Waals surface area contributed by atoms with E-state index in [1.807, 2.05) is 0 Å². The third-order valence-electron chi connectivity index (χ3n) is 3.51. The number of para-hydroxylation sites is 2. The maximum absolute atomic E-state index is 13.2. The van der Waals surface area contributed by atoms with Crippen molar-refractivity contribution < 1.29 is 35.9 Å². The molecule has 3 rings (SSSR count). The number of hydrogen-bond acceptors (Lipinski definition) is 4. The minimum atomic E-state index is -3.15. The number of amides is 1. The number of benzene rings is 1. The molecule has 0 aliphatic heterocycles. The van der Waals surface area contributed by atoms with Crippen LogP contribution in [-0.4, -0.2) is 27.1 Å². The lowest BCUT2D eigenvalue weighted by Gasteiger charge is -2.10. The summed E-state index contributed by atoms with van der Waals surface area (Å²) in [5, 5.41) is 5.89. The molecule has 1 amide bonds. The second-order valence-electron chi connectivity index (χ2n) is 5.34. The average molecular weight is 404 g/mol. The van der Waals surface area contributed by atoms with Gasteiger partial charge in [0.1, 0.15) is 17.1 Å². The number of carbonyl (C=O) groups is 1. The van der Waals surface area contributed by atoms with Crippen molar-refractivity contribution in [2.24, 2.45) is 0 Å². The highest BCUT2D eigenvalue weighted by Crippen LogP contribution is 2.27. The van der Waals surface area contributed by atoms with Gasteiger partial charge in [0.15, 0.2) is 11.3 Å². The maximum atomic E-state index is 13.2. The van der Waals surface area contributed by atoms with Crippen LogP contribution in [0.3, 0.4) is 0 Å². The molecule has 1 N–H and O–H groups in total. The second-order valence-corrected chi connectivity index (χ2v) is 5.34. The highest BCUT2D eigenvalue weighted by atomic mass is 19.3. The highest BCUT2D eigenvalue weighted by Gasteiger charge is 2.22. The minimum absolute atomic E-state index is 0.125. The zero-order chi connectivity index (χ0) is 20.4. The molecule has 0 aliphatic rings. The predicted octanol–water partition coefficient (Wildman–Crippen LogP) is 4.46. The van der Waals surface area contributed by atoms with Crippen molar-refractivity contribution in [1.82, 2.24) is 14.6 Å². The van der Waals surface area contributed by atoms with Gasteiger partial charge in [-0.2, -0.15) is 13.9 Å². The van der Waals surface area contributed by atoms with Gasteiger partial charge in [-0.1, -0.05) is 12.1 Å². The Morgan fingerprint density at radius 2 is 1.75 bits per heavy atom. The van der Waals surface area contributed by atoms with Gasteiger partial charge in [0, 0.05) is 6.07 Å². The van der Waals surface area contributed by atoms with Gasteiger partial charge in [-0.3, -0.25) is 4.79 Å². The standard InChI is InChI=1S/C16H10F6N4O2/c17-13(18)8-5-10(14(19)20)26-12(23-8)6-9(25-26)15(27)24-7-3-1-2-4-11(7)28-16(21)22/h1-6,13-14,16H,(H,24,27). The van der Waals surface area contributed by atoms with Crippen molar-refractivity contribution in [3.05, 3.63) is 53.5 Å². The number of fused-ring (bicyclic) bond motifs is 1. The summed E-state index contributed by atoms with van der Waals surface area (Å²) in [5.41, 5.74) is -2.73. The van der Waals surface area contributed by atoms with E-state index in [2.05, 4.69) is 20.1 Å². The van der Waals surface area contributed by atoms with Gasteiger partial charge < -0.3 is 10.1 Å². The molecule has 148 valence electrons. The first-order chi connectivity index (χ1) is 13.3. The second kappa shape index (κ2) is 7.74. The number of aromatic nitrogens is 3. The number of rotatable bonds is 6. The number of ether oxygens (including phenoxy) is 1. The van der Waals surface area contributed by atoms with Crippen LogP contribution >= 0.6 is 0 Å². The first-order valence-electron chi connectivity index (χ1n) is 7.58. The Balaban J connectivity index is 1.96. The van der Waals surface area contributed by atoms with Gasteiger partial charge in [0.05, 0.1) is 5.69 Å². The topological polar surface area (TPSA) is 68.5 Å². The summed E-state index contributed by atoms with van der Waals surface area (Å²) in [7, 11) is 0. The molecule has 3 aromatic rings. The molecule has 28 heavy (non-hydrogen) atoms. The predicted molar refractivity (Wildman–Crippen MR) is 83.9 cm³/mol.